The van der Waals surface area contributed by atoms with Crippen LogP contribution in [0.2, 0.25) is 0 Å². The number of carbonyl (C=O) groups excluding carboxylic acids is 1. The van der Waals surface area contributed by atoms with Crippen molar-refractivity contribution >= 4 is 16.9 Å². The molecule has 0 aliphatic carbocycles. The number of hydrogen-bond donors (Lipinski definition) is 0. The fourth-order valence-corrected chi connectivity index (χ4v) is 2.94. The van der Waals surface area contributed by atoms with Crippen LogP contribution in [0.3, 0.4) is 0 Å². The maximum atomic E-state index is 12.8. The number of nitrogens with zero attached hydrogens (tertiary/aromatic N) is 4. The monoisotopic (exact) mass is 340 g/mol. The molecule has 7 heteroatoms. The summed E-state index contributed by atoms with van der Waals surface area (Å²) >= 11 is 0.995. The van der Waals surface area contributed by atoms with Gasteiger partial charge in [-0.3, -0.25) is 9.59 Å². The molecule has 0 aliphatic heterocycles. The highest BCUT2D eigenvalue weighted by atomic mass is 32.2. The van der Waals surface area contributed by atoms with Gasteiger partial charge in [-0.15, -0.1) is 10.2 Å². The van der Waals surface area contributed by atoms with Crippen molar-refractivity contribution in [1.82, 2.24) is 19.3 Å². The van der Waals surface area contributed by atoms with Gasteiger partial charge in [0.2, 0.25) is 0 Å². The van der Waals surface area contributed by atoms with Crippen LogP contribution in [0.4, 0.5) is 0 Å². The van der Waals surface area contributed by atoms with Crippen LogP contribution in [0.1, 0.15) is 12.5 Å². The van der Waals surface area contributed by atoms with Gasteiger partial charge in [-0.25, -0.2) is 0 Å². The molecule has 0 unspecified atom stereocenters. The largest absolute Gasteiger partial charge is 0.310 e. The van der Waals surface area contributed by atoms with Crippen LogP contribution in [0.15, 0.2) is 58.6 Å². The van der Waals surface area contributed by atoms with Gasteiger partial charge in [-0.05, 0) is 29.5 Å². The van der Waals surface area contributed by atoms with Gasteiger partial charge in [-0.2, -0.15) is 0 Å². The van der Waals surface area contributed by atoms with Crippen LogP contribution >= 0.6 is 11.8 Å². The predicted octanol–water partition coefficient (Wildman–Crippen LogP) is 2.33. The number of pyridine rings is 1. The molecule has 0 atom stereocenters. The first-order valence-electron chi connectivity index (χ1n) is 7.38. The van der Waals surface area contributed by atoms with Gasteiger partial charge in [0.1, 0.15) is 0 Å². The van der Waals surface area contributed by atoms with Gasteiger partial charge >= 0.3 is 0 Å². The minimum Gasteiger partial charge on any atom is -0.310 e. The molecule has 3 aromatic rings. The van der Waals surface area contributed by atoms with Crippen LogP contribution < -0.4 is 5.56 Å². The second-order valence-corrected chi connectivity index (χ2v) is 6.44. The highest BCUT2D eigenvalue weighted by molar-refractivity contribution is 8.13. The molecule has 0 bridgehead atoms. The van der Waals surface area contributed by atoms with E-state index in [0.717, 1.165) is 17.3 Å². The number of benzene rings is 1. The Labute approximate surface area is 143 Å². The van der Waals surface area contributed by atoms with Gasteiger partial charge in [0.25, 0.3) is 5.56 Å². The Hall–Kier alpha value is -2.67. The summed E-state index contributed by atoms with van der Waals surface area (Å²) in [6.07, 6.45) is 1.75. The van der Waals surface area contributed by atoms with Crippen LogP contribution in [0, 0.1) is 0 Å². The third-order valence-corrected chi connectivity index (χ3v) is 4.35. The van der Waals surface area contributed by atoms with E-state index in [-0.39, 0.29) is 10.7 Å². The zero-order chi connectivity index (χ0) is 17.1. The lowest BCUT2D eigenvalue weighted by molar-refractivity contribution is -0.109. The first-order valence-corrected chi connectivity index (χ1v) is 8.19. The zero-order valence-electron chi connectivity index (χ0n) is 13.3. The lowest BCUT2D eigenvalue weighted by Gasteiger charge is -2.08. The minimum atomic E-state index is -0.142. The molecule has 122 valence electrons. The zero-order valence-corrected chi connectivity index (χ0v) is 14.2. The third kappa shape index (κ3) is 3.30. The van der Waals surface area contributed by atoms with Crippen molar-refractivity contribution < 1.29 is 4.79 Å². The quantitative estimate of drug-likeness (QED) is 0.682. The Morgan fingerprint density at radius 1 is 1.12 bits per heavy atom. The normalized spacial score (nSPS) is 10.8. The molecule has 6 nitrogen and oxygen atoms in total. The third-order valence-electron chi connectivity index (χ3n) is 3.53. The van der Waals surface area contributed by atoms with Crippen molar-refractivity contribution in [2.75, 3.05) is 0 Å². The summed E-state index contributed by atoms with van der Waals surface area (Å²) in [6, 6.07) is 13.3. The highest BCUT2D eigenvalue weighted by Crippen LogP contribution is 2.20. The topological polar surface area (TPSA) is 69.8 Å². The highest BCUT2D eigenvalue weighted by Gasteiger charge is 2.16. The molecule has 1 aromatic carbocycles. The Balaban J connectivity index is 1.98. The molecule has 0 saturated heterocycles. The van der Waals surface area contributed by atoms with Crippen LogP contribution in [0.25, 0.3) is 11.4 Å². The van der Waals surface area contributed by atoms with Crippen LogP contribution in [-0.2, 0) is 18.4 Å². The number of aromatic nitrogens is 4. The summed E-state index contributed by atoms with van der Waals surface area (Å²) < 4.78 is 3.30. The van der Waals surface area contributed by atoms with Gasteiger partial charge in [-0.1, -0.05) is 30.3 Å². The Morgan fingerprint density at radius 3 is 2.58 bits per heavy atom. The fourth-order valence-electron chi connectivity index (χ4n) is 2.38. The van der Waals surface area contributed by atoms with E-state index in [0.29, 0.717) is 23.1 Å². The van der Waals surface area contributed by atoms with E-state index in [2.05, 4.69) is 10.2 Å². The first-order chi connectivity index (χ1) is 11.6. The van der Waals surface area contributed by atoms with Gasteiger partial charge in [0.15, 0.2) is 16.1 Å². The van der Waals surface area contributed by atoms with E-state index in [1.54, 1.807) is 28.4 Å². The summed E-state index contributed by atoms with van der Waals surface area (Å²) in [4.78, 5) is 24.0. The van der Waals surface area contributed by atoms with Crippen molar-refractivity contribution in [2.45, 2.75) is 18.6 Å². The first kappa shape index (κ1) is 16.2. The Morgan fingerprint density at radius 2 is 1.88 bits per heavy atom. The van der Waals surface area contributed by atoms with E-state index in [9.17, 15) is 9.59 Å². The molecule has 0 aliphatic rings. The average molecular weight is 340 g/mol. The van der Waals surface area contributed by atoms with Gasteiger partial charge in [0.05, 0.1) is 12.1 Å². The summed E-state index contributed by atoms with van der Waals surface area (Å²) in [7, 11) is 1.74. The molecule has 0 spiro atoms. The molecule has 2 aromatic heterocycles. The Bertz CT molecular complexity index is 931. The lowest BCUT2D eigenvalue weighted by atomic mass is 10.2. The number of thioether (sulfide) groups is 1. The van der Waals surface area contributed by atoms with Crippen molar-refractivity contribution in [3.05, 3.63) is 64.6 Å². The molecule has 0 N–H and O–H groups in total. The standard InChI is InChI=1S/C17H16N4O2S/c1-12(22)24-17-19-18-15(20(17)2)14-9-6-10-21(16(14)23)11-13-7-4-3-5-8-13/h3-10H,11H2,1-2H3. The molecule has 0 amide bonds. The minimum absolute atomic E-state index is 0.0772. The molecular formula is C17H16N4O2S. The Kier molecular flexibility index (Phi) is 4.61. The van der Waals surface area contributed by atoms with Crippen molar-refractivity contribution in [2.24, 2.45) is 7.05 Å². The molecular weight excluding hydrogens is 324 g/mol. The summed E-state index contributed by atoms with van der Waals surface area (Å²) in [5.74, 6) is 0.450. The number of carbonyl (C=O) groups is 1. The lowest BCUT2D eigenvalue weighted by Crippen LogP contribution is -2.22. The molecule has 3 rings (SSSR count). The SMILES string of the molecule is CC(=O)Sc1nnc(-c2cccn(Cc3ccccc3)c2=O)n1C. The number of rotatable bonds is 4. The van der Waals surface area contributed by atoms with E-state index >= 15 is 0 Å². The van der Waals surface area contributed by atoms with Crippen molar-refractivity contribution in [1.29, 1.82) is 0 Å². The second-order valence-electron chi connectivity index (χ2n) is 5.30. The second kappa shape index (κ2) is 6.84. The molecule has 0 radical (unpaired) electrons. The molecule has 0 saturated carbocycles. The van der Waals surface area contributed by atoms with Crippen molar-refractivity contribution in [3.63, 3.8) is 0 Å². The van der Waals surface area contributed by atoms with Gasteiger partial charge < -0.3 is 9.13 Å². The maximum Gasteiger partial charge on any atom is 0.261 e. The van der Waals surface area contributed by atoms with E-state index in [1.807, 2.05) is 36.4 Å². The summed E-state index contributed by atoms with van der Waals surface area (Å²) in [5.41, 5.74) is 1.36. The summed E-state index contributed by atoms with van der Waals surface area (Å²) in [6.45, 7) is 1.95. The maximum absolute atomic E-state index is 12.8. The van der Waals surface area contributed by atoms with E-state index in [1.165, 1.54) is 6.92 Å². The number of hydrogen-bond acceptors (Lipinski definition) is 5. The molecule has 2 heterocycles. The fraction of sp³-hybridized carbons (Fsp3) is 0.176. The van der Waals surface area contributed by atoms with E-state index in [4.69, 9.17) is 0 Å². The van der Waals surface area contributed by atoms with Crippen LogP contribution in [0.5, 0.6) is 0 Å². The van der Waals surface area contributed by atoms with Crippen LogP contribution in [-0.4, -0.2) is 24.4 Å². The van der Waals surface area contributed by atoms with E-state index < -0.39 is 0 Å². The van der Waals surface area contributed by atoms with Gasteiger partial charge in [0, 0.05) is 20.2 Å². The summed E-state index contributed by atoms with van der Waals surface area (Å²) in [5, 5.41) is 8.46. The van der Waals surface area contributed by atoms with Crippen molar-refractivity contribution in [3.8, 4) is 11.4 Å². The molecule has 24 heavy (non-hydrogen) atoms. The molecule has 0 fully saturated rings. The average Bonchev–Trinajstić information content (AvgIpc) is 2.91. The smallest absolute Gasteiger partial charge is 0.261 e. The predicted molar refractivity (Wildman–Crippen MR) is 92.8 cm³/mol.